The standard InChI is InChI=1S/C15H22FN3O/c1-18(11-15(20)19-6-2-3-7-19)10-12-4-5-14(16)13(8-12)9-17/h4-5,8H,2-3,6-7,9-11,17H2,1H3. The number of likely N-dealkylation sites (tertiary alicyclic amines) is 1. The van der Waals surface area contributed by atoms with E-state index in [1.54, 1.807) is 12.1 Å². The topological polar surface area (TPSA) is 49.6 Å². The highest BCUT2D eigenvalue weighted by Gasteiger charge is 2.19. The van der Waals surface area contributed by atoms with Crippen LogP contribution in [-0.2, 0) is 17.9 Å². The lowest BCUT2D eigenvalue weighted by Gasteiger charge is -2.21. The van der Waals surface area contributed by atoms with Crippen molar-refractivity contribution in [2.75, 3.05) is 26.7 Å². The zero-order valence-electron chi connectivity index (χ0n) is 11.9. The molecule has 1 aromatic rings. The van der Waals surface area contributed by atoms with Crippen LogP contribution in [0.1, 0.15) is 24.0 Å². The van der Waals surface area contributed by atoms with Gasteiger partial charge in [-0.1, -0.05) is 12.1 Å². The minimum absolute atomic E-state index is 0.172. The third kappa shape index (κ3) is 3.77. The molecule has 0 unspecified atom stereocenters. The first-order valence-electron chi connectivity index (χ1n) is 7.04. The Labute approximate surface area is 119 Å². The van der Waals surface area contributed by atoms with Crippen LogP contribution in [0.3, 0.4) is 0 Å². The lowest BCUT2D eigenvalue weighted by Crippen LogP contribution is -2.37. The average Bonchev–Trinajstić information content (AvgIpc) is 2.95. The van der Waals surface area contributed by atoms with Crippen molar-refractivity contribution in [2.24, 2.45) is 5.73 Å². The maximum absolute atomic E-state index is 13.4. The van der Waals surface area contributed by atoms with Crippen molar-refractivity contribution in [2.45, 2.75) is 25.9 Å². The fraction of sp³-hybridized carbons (Fsp3) is 0.533. The molecule has 0 atom stereocenters. The molecule has 0 spiro atoms. The van der Waals surface area contributed by atoms with Crippen LogP contribution in [0.4, 0.5) is 4.39 Å². The zero-order valence-corrected chi connectivity index (χ0v) is 11.9. The smallest absolute Gasteiger partial charge is 0.236 e. The van der Waals surface area contributed by atoms with Gasteiger partial charge >= 0.3 is 0 Å². The third-order valence-electron chi connectivity index (χ3n) is 3.65. The lowest BCUT2D eigenvalue weighted by molar-refractivity contribution is -0.131. The van der Waals surface area contributed by atoms with Crippen molar-refractivity contribution < 1.29 is 9.18 Å². The van der Waals surface area contributed by atoms with E-state index < -0.39 is 0 Å². The number of halogens is 1. The van der Waals surface area contributed by atoms with E-state index in [1.165, 1.54) is 6.07 Å². The molecule has 0 aliphatic carbocycles. The SMILES string of the molecule is CN(CC(=O)N1CCCC1)Cc1ccc(F)c(CN)c1. The van der Waals surface area contributed by atoms with Gasteiger partial charge in [0.1, 0.15) is 5.82 Å². The van der Waals surface area contributed by atoms with Crippen LogP contribution in [0.25, 0.3) is 0 Å². The molecule has 2 N–H and O–H groups in total. The van der Waals surface area contributed by atoms with Gasteiger partial charge in [0, 0.05) is 31.7 Å². The summed E-state index contributed by atoms with van der Waals surface area (Å²) in [5.74, 6) is -0.0989. The third-order valence-corrected chi connectivity index (χ3v) is 3.65. The second-order valence-corrected chi connectivity index (χ2v) is 5.39. The summed E-state index contributed by atoms with van der Waals surface area (Å²) in [5, 5.41) is 0. The van der Waals surface area contributed by atoms with Gasteiger partial charge in [0.25, 0.3) is 0 Å². The predicted octanol–water partition coefficient (Wildman–Crippen LogP) is 1.34. The molecule has 0 aromatic heterocycles. The van der Waals surface area contributed by atoms with Crippen molar-refractivity contribution in [3.05, 3.63) is 35.1 Å². The van der Waals surface area contributed by atoms with Gasteiger partial charge in [-0.3, -0.25) is 9.69 Å². The number of nitrogens with two attached hydrogens (primary N) is 1. The predicted molar refractivity (Wildman–Crippen MR) is 76.4 cm³/mol. The van der Waals surface area contributed by atoms with E-state index in [4.69, 9.17) is 5.73 Å². The summed E-state index contributed by atoms with van der Waals surface area (Å²) in [6, 6.07) is 4.95. The van der Waals surface area contributed by atoms with Crippen molar-refractivity contribution >= 4 is 5.91 Å². The number of carbonyl (C=O) groups excluding carboxylic acids is 1. The molecule has 2 rings (SSSR count). The average molecular weight is 279 g/mol. The minimum atomic E-state index is -0.271. The number of likely N-dealkylation sites (N-methyl/N-ethyl adjacent to an activating group) is 1. The molecule has 5 heteroatoms. The normalized spacial score (nSPS) is 15.1. The highest BCUT2D eigenvalue weighted by Crippen LogP contribution is 2.12. The molecule has 1 fully saturated rings. The fourth-order valence-corrected chi connectivity index (χ4v) is 2.55. The van der Waals surface area contributed by atoms with Gasteiger partial charge in [0.05, 0.1) is 6.54 Å². The lowest BCUT2D eigenvalue weighted by atomic mass is 10.1. The van der Waals surface area contributed by atoms with E-state index in [1.807, 2.05) is 16.8 Å². The molecule has 1 aliphatic rings. The van der Waals surface area contributed by atoms with Crippen LogP contribution in [0.5, 0.6) is 0 Å². The molecule has 1 saturated heterocycles. The minimum Gasteiger partial charge on any atom is -0.342 e. The molecule has 0 radical (unpaired) electrons. The van der Waals surface area contributed by atoms with Crippen LogP contribution in [0.15, 0.2) is 18.2 Å². The first kappa shape index (κ1) is 14.9. The number of amides is 1. The number of hydrogen-bond donors (Lipinski definition) is 1. The molecular formula is C15H22FN3O. The number of hydrogen-bond acceptors (Lipinski definition) is 3. The van der Waals surface area contributed by atoms with Gasteiger partial charge < -0.3 is 10.6 Å². The summed E-state index contributed by atoms with van der Waals surface area (Å²) < 4.78 is 13.4. The Morgan fingerprint density at radius 2 is 2.10 bits per heavy atom. The molecule has 1 aliphatic heterocycles. The second kappa shape index (κ2) is 6.81. The maximum Gasteiger partial charge on any atom is 0.236 e. The molecule has 4 nitrogen and oxygen atoms in total. The zero-order chi connectivity index (χ0) is 14.5. The van der Waals surface area contributed by atoms with Gasteiger partial charge in [-0.05, 0) is 31.5 Å². The number of nitrogens with zero attached hydrogens (tertiary/aromatic N) is 2. The van der Waals surface area contributed by atoms with E-state index >= 15 is 0 Å². The van der Waals surface area contributed by atoms with Gasteiger partial charge in [0.15, 0.2) is 0 Å². The van der Waals surface area contributed by atoms with Crippen molar-refractivity contribution in [3.8, 4) is 0 Å². The van der Waals surface area contributed by atoms with E-state index in [0.717, 1.165) is 31.5 Å². The summed E-state index contributed by atoms with van der Waals surface area (Å²) in [6.45, 7) is 2.96. The molecule has 110 valence electrons. The van der Waals surface area contributed by atoms with Crippen molar-refractivity contribution in [1.29, 1.82) is 0 Å². The molecule has 0 bridgehead atoms. The second-order valence-electron chi connectivity index (χ2n) is 5.39. The molecule has 1 aromatic carbocycles. The number of benzene rings is 1. The van der Waals surface area contributed by atoms with Gasteiger partial charge in [-0.2, -0.15) is 0 Å². The Kier molecular flexibility index (Phi) is 5.09. The largest absolute Gasteiger partial charge is 0.342 e. The summed E-state index contributed by atoms with van der Waals surface area (Å²) in [7, 11) is 1.90. The summed E-state index contributed by atoms with van der Waals surface area (Å²) in [5.41, 5.74) is 6.99. The Bertz CT molecular complexity index is 472. The molecule has 1 heterocycles. The van der Waals surface area contributed by atoms with Crippen LogP contribution in [-0.4, -0.2) is 42.4 Å². The first-order valence-corrected chi connectivity index (χ1v) is 7.04. The van der Waals surface area contributed by atoms with E-state index in [2.05, 4.69) is 0 Å². The van der Waals surface area contributed by atoms with E-state index in [9.17, 15) is 9.18 Å². The van der Waals surface area contributed by atoms with Crippen molar-refractivity contribution in [1.82, 2.24) is 9.80 Å². The molecule has 0 saturated carbocycles. The summed E-state index contributed by atoms with van der Waals surface area (Å²) in [4.78, 5) is 15.9. The maximum atomic E-state index is 13.4. The van der Waals surface area contributed by atoms with Gasteiger partial charge in [-0.15, -0.1) is 0 Å². The Balaban J connectivity index is 1.90. The quantitative estimate of drug-likeness (QED) is 0.885. The Hall–Kier alpha value is -1.46. The Morgan fingerprint density at radius 1 is 1.40 bits per heavy atom. The van der Waals surface area contributed by atoms with Crippen LogP contribution in [0.2, 0.25) is 0 Å². The number of carbonyl (C=O) groups is 1. The molecular weight excluding hydrogens is 257 g/mol. The molecule has 1 amide bonds. The van der Waals surface area contributed by atoms with Crippen LogP contribution < -0.4 is 5.73 Å². The number of rotatable bonds is 5. The fourth-order valence-electron chi connectivity index (χ4n) is 2.55. The van der Waals surface area contributed by atoms with E-state index in [-0.39, 0.29) is 18.3 Å². The van der Waals surface area contributed by atoms with Gasteiger partial charge in [-0.25, -0.2) is 4.39 Å². The Morgan fingerprint density at radius 3 is 2.75 bits per heavy atom. The first-order chi connectivity index (χ1) is 9.60. The van der Waals surface area contributed by atoms with Crippen LogP contribution in [0, 0.1) is 5.82 Å². The summed E-state index contributed by atoms with van der Waals surface area (Å²) in [6.07, 6.45) is 2.21. The highest BCUT2D eigenvalue weighted by molar-refractivity contribution is 5.78. The summed E-state index contributed by atoms with van der Waals surface area (Å²) >= 11 is 0. The van der Waals surface area contributed by atoms with Gasteiger partial charge in [0.2, 0.25) is 5.91 Å². The van der Waals surface area contributed by atoms with Crippen molar-refractivity contribution in [3.63, 3.8) is 0 Å². The molecule has 20 heavy (non-hydrogen) atoms. The monoisotopic (exact) mass is 279 g/mol. The van der Waals surface area contributed by atoms with E-state index in [0.29, 0.717) is 18.7 Å². The van der Waals surface area contributed by atoms with Crippen LogP contribution >= 0.6 is 0 Å². The highest BCUT2D eigenvalue weighted by atomic mass is 19.1.